The van der Waals surface area contributed by atoms with Crippen LogP contribution in [0.4, 0.5) is 19.1 Å². The Labute approximate surface area is 117 Å². The molecule has 0 saturated heterocycles. The maximum absolute atomic E-state index is 12.7. The van der Waals surface area contributed by atoms with E-state index in [2.05, 4.69) is 19.9 Å². The van der Waals surface area contributed by atoms with Crippen molar-refractivity contribution in [1.82, 2.24) is 19.9 Å². The quantitative estimate of drug-likeness (QED) is 0.723. The van der Waals surface area contributed by atoms with Crippen LogP contribution < -0.4 is 5.73 Å². The van der Waals surface area contributed by atoms with Gasteiger partial charge in [-0.05, 0) is 24.6 Å². The van der Waals surface area contributed by atoms with Crippen molar-refractivity contribution in [2.24, 2.45) is 0 Å². The number of benzene rings is 1. The van der Waals surface area contributed by atoms with Gasteiger partial charge < -0.3 is 10.7 Å². The molecule has 0 amide bonds. The lowest BCUT2D eigenvalue weighted by Gasteiger charge is -2.11. The molecule has 0 aliphatic rings. The smallest absolute Gasteiger partial charge is 0.368 e. The van der Waals surface area contributed by atoms with Crippen molar-refractivity contribution in [3.05, 3.63) is 35.7 Å². The summed E-state index contributed by atoms with van der Waals surface area (Å²) in [6.45, 7) is 1.59. The van der Waals surface area contributed by atoms with Gasteiger partial charge in [0.05, 0.1) is 11.9 Å². The molecule has 2 aromatic heterocycles. The molecule has 0 spiro atoms. The number of aromatic nitrogens is 4. The van der Waals surface area contributed by atoms with Gasteiger partial charge in [-0.15, -0.1) is 0 Å². The van der Waals surface area contributed by atoms with Crippen LogP contribution in [-0.4, -0.2) is 19.9 Å². The van der Waals surface area contributed by atoms with Gasteiger partial charge in [0.15, 0.2) is 5.65 Å². The monoisotopic (exact) mass is 293 g/mol. The molecule has 0 fully saturated rings. The number of H-pyrrole nitrogens is 1. The number of alkyl halides is 3. The third-order valence-electron chi connectivity index (χ3n) is 3.11. The summed E-state index contributed by atoms with van der Waals surface area (Å²) in [4.78, 5) is 14.9. The first-order valence-electron chi connectivity index (χ1n) is 6.01. The van der Waals surface area contributed by atoms with E-state index in [1.807, 2.05) is 0 Å². The Morgan fingerprint density at radius 1 is 1.19 bits per heavy atom. The highest BCUT2D eigenvalue weighted by Gasteiger charge is 2.30. The molecule has 1 aromatic carbocycles. The van der Waals surface area contributed by atoms with Crippen molar-refractivity contribution >= 4 is 17.1 Å². The minimum Gasteiger partial charge on any atom is -0.368 e. The van der Waals surface area contributed by atoms with E-state index in [1.165, 1.54) is 12.4 Å². The average Bonchev–Trinajstić information content (AvgIpc) is 2.84. The Balaban J connectivity index is 2.21. The molecule has 0 unspecified atom stereocenters. The zero-order valence-corrected chi connectivity index (χ0v) is 10.9. The van der Waals surface area contributed by atoms with Crippen molar-refractivity contribution in [3.8, 4) is 11.3 Å². The summed E-state index contributed by atoms with van der Waals surface area (Å²) in [5.74, 6) is 0.0175. The molecule has 0 radical (unpaired) electrons. The van der Waals surface area contributed by atoms with E-state index in [1.54, 1.807) is 6.92 Å². The van der Waals surface area contributed by atoms with Crippen molar-refractivity contribution in [2.75, 3.05) is 5.73 Å². The first-order chi connectivity index (χ1) is 9.86. The Morgan fingerprint density at radius 2 is 1.95 bits per heavy atom. The summed E-state index contributed by atoms with van der Waals surface area (Å²) in [6, 6.07) is 3.47. The second-order valence-electron chi connectivity index (χ2n) is 4.56. The molecule has 5 nitrogen and oxygen atoms in total. The lowest BCUT2D eigenvalue weighted by molar-refractivity contribution is -0.137. The van der Waals surface area contributed by atoms with Gasteiger partial charge in [0.1, 0.15) is 11.2 Å². The first-order valence-corrected chi connectivity index (χ1v) is 6.01. The van der Waals surface area contributed by atoms with Crippen LogP contribution >= 0.6 is 0 Å². The molecule has 8 heteroatoms. The number of nitrogens with zero attached hydrogens (tertiary/aromatic N) is 3. The van der Waals surface area contributed by atoms with Crippen LogP contribution in [0.3, 0.4) is 0 Å². The maximum Gasteiger partial charge on any atom is 0.416 e. The van der Waals surface area contributed by atoms with Crippen LogP contribution in [0.1, 0.15) is 11.1 Å². The summed E-state index contributed by atoms with van der Waals surface area (Å²) in [5, 5.41) is 0. The van der Waals surface area contributed by atoms with Gasteiger partial charge in [-0.2, -0.15) is 18.2 Å². The Morgan fingerprint density at radius 3 is 2.62 bits per heavy atom. The van der Waals surface area contributed by atoms with Crippen LogP contribution in [-0.2, 0) is 6.18 Å². The number of nitrogen functional groups attached to an aromatic ring is 1. The Hall–Kier alpha value is -2.64. The fourth-order valence-corrected chi connectivity index (χ4v) is 2.15. The van der Waals surface area contributed by atoms with Gasteiger partial charge in [-0.1, -0.05) is 6.07 Å². The van der Waals surface area contributed by atoms with Crippen molar-refractivity contribution in [1.29, 1.82) is 0 Å². The highest BCUT2D eigenvalue weighted by atomic mass is 19.4. The van der Waals surface area contributed by atoms with E-state index in [9.17, 15) is 13.2 Å². The SMILES string of the molecule is Cc1cc(C(F)(F)F)ccc1-c1nc(N)nc2nc[nH]c12. The number of aromatic amines is 1. The third kappa shape index (κ3) is 2.28. The van der Waals surface area contributed by atoms with Crippen LogP contribution in [0, 0.1) is 6.92 Å². The fraction of sp³-hybridized carbons (Fsp3) is 0.154. The molecule has 2 heterocycles. The summed E-state index contributed by atoms with van der Waals surface area (Å²) in [5.41, 5.74) is 7.24. The first kappa shape index (κ1) is 13.3. The number of imidazole rings is 1. The predicted molar refractivity (Wildman–Crippen MR) is 71.3 cm³/mol. The molecule has 0 aliphatic heterocycles. The van der Waals surface area contributed by atoms with Crippen LogP contribution in [0.25, 0.3) is 22.4 Å². The minimum atomic E-state index is -4.38. The molecule has 0 bridgehead atoms. The molecular formula is C13H10F3N5. The predicted octanol–water partition coefficient (Wildman–Crippen LogP) is 2.93. The maximum atomic E-state index is 12.7. The van der Waals surface area contributed by atoms with Crippen molar-refractivity contribution < 1.29 is 13.2 Å². The molecular weight excluding hydrogens is 283 g/mol. The Kier molecular flexibility index (Phi) is 2.82. The molecule has 3 N–H and O–H groups in total. The van der Waals surface area contributed by atoms with Gasteiger partial charge in [-0.3, -0.25) is 0 Å². The molecule has 3 aromatic rings. The third-order valence-corrected chi connectivity index (χ3v) is 3.11. The van der Waals surface area contributed by atoms with Gasteiger partial charge >= 0.3 is 6.18 Å². The normalized spacial score (nSPS) is 12.0. The highest BCUT2D eigenvalue weighted by molar-refractivity contribution is 5.88. The van der Waals surface area contributed by atoms with Crippen LogP contribution in [0.5, 0.6) is 0 Å². The summed E-state index contributed by atoms with van der Waals surface area (Å²) in [6.07, 6.45) is -2.95. The van der Waals surface area contributed by atoms with Crippen molar-refractivity contribution in [3.63, 3.8) is 0 Å². The molecule has 21 heavy (non-hydrogen) atoms. The topological polar surface area (TPSA) is 80.5 Å². The van der Waals surface area contributed by atoms with Gasteiger partial charge in [0.25, 0.3) is 0 Å². The highest BCUT2D eigenvalue weighted by Crippen LogP contribution is 2.34. The number of nitrogens with two attached hydrogens (primary N) is 1. The van der Waals surface area contributed by atoms with Crippen molar-refractivity contribution in [2.45, 2.75) is 13.1 Å². The number of fused-ring (bicyclic) bond motifs is 1. The molecule has 0 aliphatic carbocycles. The number of nitrogens with one attached hydrogen (secondary N) is 1. The largest absolute Gasteiger partial charge is 0.416 e. The van der Waals surface area contributed by atoms with Crippen LogP contribution in [0.15, 0.2) is 24.5 Å². The lowest BCUT2D eigenvalue weighted by atomic mass is 10.0. The number of rotatable bonds is 1. The summed E-state index contributed by atoms with van der Waals surface area (Å²) >= 11 is 0. The summed E-state index contributed by atoms with van der Waals surface area (Å²) in [7, 11) is 0. The van der Waals surface area contributed by atoms with E-state index in [0.29, 0.717) is 28.0 Å². The van der Waals surface area contributed by atoms with Crippen LogP contribution in [0.2, 0.25) is 0 Å². The van der Waals surface area contributed by atoms with Gasteiger partial charge in [-0.25, -0.2) is 9.97 Å². The average molecular weight is 293 g/mol. The Bertz CT molecular complexity index is 822. The lowest BCUT2D eigenvalue weighted by Crippen LogP contribution is -2.05. The van der Waals surface area contributed by atoms with E-state index >= 15 is 0 Å². The van der Waals surface area contributed by atoms with E-state index in [0.717, 1.165) is 12.1 Å². The van der Waals surface area contributed by atoms with E-state index in [4.69, 9.17) is 5.73 Å². The number of hydrogen-bond acceptors (Lipinski definition) is 4. The molecule has 0 atom stereocenters. The second-order valence-corrected chi connectivity index (χ2v) is 4.56. The molecule has 108 valence electrons. The number of anilines is 1. The van der Waals surface area contributed by atoms with Gasteiger partial charge in [0.2, 0.25) is 5.95 Å². The summed E-state index contributed by atoms with van der Waals surface area (Å²) < 4.78 is 38.1. The number of halogens is 3. The van der Waals surface area contributed by atoms with Gasteiger partial charge in [0, 0.05) is 5.56 Å². The zero-order chi connectivity index (χ0) is 15.2. The standard InChI is InChI=1S/C13H10F3N5/c1-6-4-7(13(14,15)16)2-3-8(6)9-10-11(19-5-18-10)21-12(17)20-9/h2-5H,1H3,(H3,17,18,19,20,21). The number of aryl methyl sites for hydroxylation is 1. The van der Waals surface area contributed by atoms with E-state index < -0.39 is 11.7 Å². The molecule has 0 saturated carbocycles. The van der Waals surface area contributed by atoms with E-state index in [-0.39, 0.29) is 5.95 Å². The minimum absolute atomic E-state index is 0.0175. The zero-order valence-electron chi connectivity index (χ0n) is 10.9. The fourth-order valence-electron chi connectivity index (χ4n) is 2.15. The second kappa shape index (κ2) is 4.44. The molecule has 3 rings (SSSR count). The number of hydrogen-bond donors (Lipinski definition) is 2.